The van der Waals surface area contributed by atoms with Gasteiger partial charge in [0.25, 0.3) is 0 Å². The zero-order chi connectivity index (χ0) is 14.0. The van der Waals surface area contributed by atoms with E-state index in [0.29, 0.717) is 0 Å². The van der Waals surface area contributed by atoms with Crippen LogP contribution in [0, 0.1) is 0 Å². The first kappa shape index (κ1) is 14.7. The Labute approximate surface area is 119 Å². The van der Waals surface area contributed by atoms with Crippen molar-refractivity contribution in [1.82, 2.24) is 14.2 Å². The van der Waals surface area contributed by atoms with Crippen molar-refractivity contribution in [3.63, 3.8) is 0 Å². The first-order valence-electron chi connectivity index (χ1n) is 6.19. The fraction of sp³-hybridized carbons (Fsp3) is 0.583. The van der Waals surface area contributed by atoms with Crippen molar-refractivity contribution in [2.24, 2.45) is 0 Å². The van der Waals surface area contributed by atoms with Crippen LogP contribution in [0.2, 0.25) is 5.15 Å². The lowest BCUT2D eigenvalue weighted by Crippen LogP contribution is -2.44. The fourth-order valence-corrected chi connectivity index (χ4v) is 3.93. The molecule has 2 heterocycles. The number of hydrogen-bond acceptors (Lipinski definition) is 4. The molecule has 0 atom stereocenters. The molecule has 0 N–H and O–H groups in total. The van der Waals surface area contributed by atoms with Gasteiger partial charge in [-0.15, -0.1) is 0 Å². The molecule has 5 nitrogen and oxygen atoms in total. The Hall–Kier alpha value is -0.690. The van der Waals surface area contributed by atoms with Crippen molar-refractivity contribution in [3.05, 3.63) is 23.5 Å². The summed E-state index contributed by atoms with van der Waals surface area (Å²) in [6.07, 6.45) is 3.12. The van der Waals surface area contributed by atoms with E-state index >= 15 is 0 Å². The van der Waals surface area contributed by atoms with Crippen LogP contribution in [-0.4, -0.2) is 55.8 Å². The van der Waals surface area contributed by atoms with E-state index in [9.17, 15) is 8.42 Å². The van der Waals surface area contributed by atoms with E-state index in [-0.39, 0.29) is 16.1 Å². The lowest BCUT2D eigenvalue weighted by molar-refractivity contribution is 0.197. The van der Waals surface area contributed by atoms with Gasteiger partial charge in [0.05, 0.1) is 4.90 Å². The summed E-state index contributed by atoms with van der Waals surface area (Å²) in [5.41, 5.74) is 0. The van der Waals surface area contributed by atoms with Crippen LogP contribution < -0.4 is 0 Å². The maximum Gasteiger partial charge on any atom is 0.243 e. The monoisotopic (exact) mass is 303 g/mol. The van der Waals surface area contributed by atoms with Crippen molar-refractivity contribution >= 4 is 21.6 Å². The van der Waals surface area contributed by atoms with Crippen molar-refractivity contribution in [2.75, 3.05) is 27.2 Å². The smallest absolute Gasteiger partial charge is 0.243 e. The van der Waals surface area contributed by atoms with Crippen LogP contribution in [0.4, 0.5) is 0 Å². The molecule has 1 aromatic rings. The number of sulfonamides is 1. The van der Waals surface area contributed by atoms with E-state index in [1.54, 1.807) is 7.05 Å². The van der Waals surface area contributed by atoms with Gasteiger partial charge in [-0.05, 0) is 45.1 Å². The van der Waals surface area contributed by atoms with Crippen LogP contribution in [0.1, 0.15) is 12.8 Å². The van der Waals surface area contributed by atoms with Crippen molar-refractivity contribution in [1.29, 1.82) is 0 Å². The molecule has 2 rings (SSSR count). The lowest BCUT2D eigenvalue weighted by atomic mass is 10.1. The zero-order valence-electron chi connectivity index (χ0n) is 11.1. The van der Waals surface area contributed by atoms with Gasteiger partial charge >= 0.3 is 0 Å². The average Bonchev–Trinajstić information content (AvgIpc) is 2.39. The summed E-state index contributed by atoms with van der Waals surface area (Å²) in [6.45, 7) is 1.84. The van der Waals surface area contributed by atoms with Crippen LogP contribution in [0.15, 0.2) is 23.2 Å². The molecule has 106 valence electrons. The van der Waals surface area contributed by atoms with E-state index < -0.39 is 10.0 Å². The van der Waals surface area contributed by atoms with Crippen LogP contribution >= 0.6 is 11.6 Å². The third-order valence-electron chi connectivity index (χ3n) is 3.58. The molecule has 1 fully saturated rings. The van der Waals surface area contributed by atoms with Gasteiger partial charge in [0.1, 0.15) is 5.15 Å². The largest absolute Gasteiger partial charge is 0.306 e. The molecule has 0 bridgehead atoms. The van der Waals surface area contributed by atoms with E-state index in [0.717, 1.165) is 25.9 Å². The number of aromatic nitrogens is 1. The number of rotatable bonds is 3. The van der Waals surface area contributed by atoms with Gasteiger partial charge in [-0.2, -0.15) is 4.31 Å². The summed E-state index contributed by atoms with van der Waals surface area (Å²) in [4.78, 5) is 6.22. The number of pyridine rings is 1. The van der Waals surface area contributed by atoms with E-state index in [1.165, 1.54) is 22.6 Å². The average molecular weight is 304 g/mol. The molecule has 0 aromatic carbocycles. The molecular formula is C12H18ClN3O2S. The standard InChI is InChI=1S/C12H18ClN3O2S/c1-15-7-4-10(5-8-15)16(2)19(17,18)11-3-6-14-12(13)9-11/h3,6,9-10H,4-5,7-8H2,1-2H3. The highest BCUT2D eigenvalue weighted by Gasteiger charge is 2.30. The Bertz CT molecular complexity index is 542. The van der Waals surface area contributed by atoms with Gasteiger partial charge in [0.2, 0.25) is 10.0 Å². The number of hydrogen-bond donors (Lipinski definition) is 0. The normalized spacial score (nSPS) is 18.9. The van der Waals surface area contributed by atoms with Crippen LogP contribution in [0.25, 0.3) is 0 Å². The maximum absolute atomic E-state index is 12.5. The van der Waals surface area contributed by atoms with Gasteiger partial charge in [0, 0.05) is 19.3 Å². The molecule has 1 aromatic heterocycles. The summed E-state index contributed by atoms with van der Waals surface area (Å²) in [5, 5.41) is 0.192. The molecule has 0 amide bonds. The predicted octanol–water partition coefficient (Wildman–Crippen LogP) is 1.45. The number of nitrogens with zero attached hydrogens (tertiary/aromatic N) is 3. The molecule has 1 aliphatic rings. The van der Waals surface area contributed by atoms with Crippen molar-refractivity contribution in [2.45, 2.75) is 23.8 Å². The van der Waals surface area contributed by atoms with Crippen LogP contribution in [-0.2, 0) is 10.0 Å². The zero-order valence-corrected chi connectivity index (χ0v) is 12.7. The molecule has 0 saturated carbocycles. The highest BCUT2D eigenvalue weighted by atomic mass is 35.5. The quantitative estimate of drug-likeness (QED) is 0.793. The molecule has 0 unspecified atom stereocenters. The topological polar surface area (TPSA) is 53.5 Å². The Balaban J connectivity index is 2.20. The molecule has 1 saturated heterocycles. The summed E-state index contributed by atoms with van der Waals surface area (Å²) in [6, 6.07) is 2.92. The van der Waals surface area contributed by atoms with Crippen molar-refractivity contribution < 1.29 is 8.42 Å². The summed E-state index contributed by atoms with van der Waals surface area (Å²) < 4.78 is 26.4. The lowest BCUT2D eigenvalue weighted by Gasteiger charge is -2.34. The minimum atomic E-state index is -3.49. The minimum absolute atomic E-state index is 0.0492. The minimum Gasteiger partial charge on any atom is -0.306 e. The first-order valence-corrected chi connectivity index (χ1v) is 8.01. The van der Waals surface area contributed by atoms with Crippen LogP contribution in [0.3, 0.4) is 0 Å². The third-order valence-corrected chi connectivity index (χ3v) is 5.69. The Kier molecular flexibility index (Phi) is 4.45. The van der Waals surface area contributed by atoms with Gasteiger partial charge in [-0.1, -0.05) is 11.6 Å². The summed E-state index contributed by atoms with van der Waals surface area (Å²) in [5.74, 6) is 0. The SMILES string of the molecule is CN1CCC(N(C)S(=O)(=O)c2ccnc(Cl)c2)CC1. The van der Waals surface area contributed by atoms with Crippen LogP contribution in [0.5, 0.6) is 0 Å². The highest BCUT2D eigenvalue weighted by Crippen LogP contribution is 2.23. The molecule has 0 radical (unpaired) electrons. The Morgan fingerprint density at radius 3 is 2.63 bits per heavy atom. The molecular weight excluding hydrogens is 286 g/mol. The third kappa shape index (κ3) is 3.25. The fourth-order valence-electron chi connectivity index (χ4n) is 2.27. The molecule has 0 spiro atoms. The van der Waals surface area contributed by atoms with Gasteiger partial charge in [-0.25, -0.2) is 13.4 Å². The second-order valence-electron chi connectivity index (χ2n) is 4.87. The maximum atomic E-state index is 12.5. The predicted molar refractivity (Wildman–Crippen MR) is 74.7 cm³/mol. The summed E-state index contributed by atoms with van der Waals surface area (Å²) in [7, 11) is 0.199. The van der Waals surface area contributed by atoms with E-state index in [4.69, 9.17) is 11.6 Å². The van der Waals surface area contributed by atoms with E-state index in [1.807, 2.05) is 7.05 Å². The van der Waals surface area contributed by atoms with Gasteiger partial charge in [0.15, 0.2) is 0 Å². The molecule has 0 aliphatic carbocycles. The van der Waals surface area contributed by atoms with Gasteiger partial charge < -0.3 is 4.90 Å². The number of piperidine rings is 1. The Morgan fingerprint density at radius 1 is 1.42 bits per heavy atom. The first-order chi connectivity index (χ1) is 8.91. The van der Waals surface area contributed by atoms with Crippen molar-refractivity contribution in [3.8, 4) is 0 Å². The second kappa shape index (κ2) is 5.75. The number of likely N-dealkylation sites (tertiary alicyclic amines) is 1. The molecule has 19 heavy (non-hydrogen) atoms. The van der Waals surface area contributed by atoms with Gasteiger partial charge in [-0.3, -0.25) is 0 Å². The molecule has 7 heteroatoms. The Morgan fingerprint density at radius 2 is 2.05 bits per heavy atom. The number of halogens is 1. The highest BCUT2D eigenvalue weighted by molar-refractivity contribution is 7.89. The summed E-state index contributed by atoms with van der Waals surface area (Å²) >= 11 is 5.76. The molecule has 1 aliphatic heterocycles. The van der Waals surface area contributed by atoms with E-state index in [2.05, 4.69) is 9.88 Å². The second-order valence-corrected chi connectivity index (χ2v) is 7.25.